The van der Waals surface area contributed by atoms with Crippen LogP contribution < -0.4 is 0 Å². The molecular weight excluding hydrogens is 349 g/mol. The number of hydrogen-bond acceptors (Lipinski definition) is 2. The molecule has 2 aromatic carbocycles. The number of sulfonamides is 1. The molecule has 26 heavy (non-hydrogen) atoms. The Kier molecular flexibility index (Phi) is 5.78. The molecule has 3 nitrogen and oxygen atoms in total. The van der Waals surface area contributed by atoms with E-state index in [9.17, 15) is 12.8 Å². The molecule has 0 unspecified atom stereocenters. The lowest BCUT2D eigenvalue weighted by Crippen LogP contribution is -2.34. The van der Waals surface area contributed by atoms with Gasteiger partial charge in [-0.25, -0.2) is 12.8 Å². The van der Waals surface area contributed by atoms with Crippen LogP contribution in [-0.4, -0.2) is 19.3 Å². The minimum atomic E-state index is -3.63. The maximum Gasteiger partial charge on any atom is 0.243 e. The largest absolute Gasteiger partial charge is 0.243 e. The Balaban J connectivity index is 1.98. The van der Waals surface area contributed by atoms with Crippen LogP contribution in [0.1, 0.15) is 62.6 Å². The zero-order valence-electron chi connectivity index (χ0n) is 15.4. The molecule has 1 aliphatic rings. The third kappa shape index (κ3) is 3.99. The normalized spacial score (nSPS) is 19.5. The average Bonchev–Trinajstić information content (AvgIpc) is 2.88. The van der Waals surface area contributed by atoms with E-state index in [0.29, 0.717) is 23.8 Å². The first-order valence-corrected chi connectivity index (χ1v) is 10.7. The summed E-state index contributed by atoms with van der Waals surface area (Å²) in [7, 11) is -3.63. The predicted molar refractivity (Wildman–Crippen MR) is 102 cm³/mol. The molecule has 0 bridgehead atoms. The smallest absolute Gasteiger partial charge is 0.207 e. The van der Waals surface area contributed by atoms with E-state index in [1.807, 2.05) is 18.2 Å². The van der Waals surface area contributed by atoms with Crippen LogP contribution in [0.25, 0.3) is 0 Å². The molecule has 0 aromatic heterocycles. The van der Waals surface area contributed by atoms with Crippen molar-refractivity contribution in [3.63, 3.8) is 0 Å². The van der Waals surface area contributed by atoms with E-state index >= 15 is 0 Å². The van der Waals surface area contributed by atoms with Gasteiger partial charge in [-0.05, 0) is 54.2 Å². The third-order valence-corrected chi connectivity index (χ3v) is 7.01. The van der Waals surface area contributed by atoms with Crippen LogP contribution in [0, 0.1) is 5.82 Å². The highest BCUT2D eigenvalue weighted by Crippen LogP contribution is 2.35. The molecule has 140 valence electrons. The van der Waals surface area contributed by atoms with Crippen molar-refractivity contribution < 1.29 is 12.8 Å². The first-order chi connectivity index (χ1) is 12.4. The highest BCUT2D eigenvalue weighted by atomic mass is 32.2. The van der Waals surface area contributed by atoms with Gasteiger partial charge in [0.2, 0.25) is 10.0 Å². The van der Waals surface area contributed by atoms with E-state index in [0.717, 1.165) is 30.4 Å². The van der Waals surface area contributed by atoms with Crippen LogP contribution >= 0.6 is 0 Å². The van der Waals surface area contributed by atoms with Crippen molar-refractivity contribution in [3.05, 3.63) is 65.5 Å². The van der Waals surface area contributed by atoms with Gasteiger partial charge in [-0.3, -0.25) is 0 Å². The van der Waals surface area contributed by atoms with E-state index in [-0.39, 0.29) is 11.9 Å². The lowest BCUT2D eigenvalue weighted by molar-refractivity contribution is 0.328. The molecule has 1 aliphatic heterocycles. The molecule has 0 radical (unpaired) electrons. The summed E-state index contributed by atoms with van der Waals surface area (Å²) in [6.45, 7) is 4.63. The number of halogens is 1. The zero-order chi connectivity index (χ0) is 18.7. The second-order valence-corrected chi connectivity index (χ2v) is 9.15. The predicted octanol–water partition coefficient (Wildman–Crippen LogP) is 5.26. The van der Waals surface area contributed by atoms with Crippen LogP contribution in [0.2, 0.25) is 0 Å². The Bertz CT molecular complexity index is 847. The molecule has 3 rings (SSSR count). The Labute approximate surface area is 155 Å². The van der Waals surface area contributed by atoms with E-state index in [4.69, 9.17) is 0 Å². The Morgan fingerprint density at radius 1 is 1.04 bits per heavy atom. The number of nitrogens with zero attached hydrogens (tertiary/aromatic N) is 1. The summed E-state index contributed by atoms with van der Waals surface area (Å²) in [6.07, 6.45) is 3.48. The van der Waals surface area contributed by atoms with Crippen LogP contribution in [0.15, 0.2) is 53.4 Å². The van der Waals surface area contributed by atoms with Gasteiger partial charge in [0.15, 0.2) is 0 Å². The first-order valence-electron chi connectivity index (χ1n) is 9.27. The molecule has 0 saturated carbocycles. The van der Waals surface area contributed by atoms with Crippen LogP contribution in [0.5, 0.6) is 0 Å². The van der Waals surface area contributed by atoms with Crippen molar-refractivity contribution >= 4 is 10.0 Å². The Morgan fingerprint density at radius 2 is 1.77 bits per heavy atom. The summed E-state index contributed by atoms with van der Waals surface area (Å²) in [5.74, 6) is 0.0235. The van der Waals surface area contributed by atoms with Gasteiger partial charge in [-0.2, -0.15) is 4.31 Å². The summed E-state index contributed by atoms with van der Waals surface area (Å²) in [5, 5.41) is 0. The molecule has 0 N–H and O–H groups in total. The van der Waals surface area contributed by atoms with Crippen molar-refractivity contribution in [2.45, 2.75) is 56.4 Å². The van der Waals surface area contributed by atoms with Gasteiger partial charge >= 0.3 is 0 Å². The monoisotopic (exact) mass is 375 g/mol. The van der Waals surface area contributed by atoms with Gasteiger partial charge in [0.1, 0.15) is 5.82 Å². The number of benzene rings is 2. The van der Waals surface area contributed by atoms with Crippen molar-refractivity contribution in [1.82, 2.24) is 4.31 Å². The SMILES string of the molecule is CC(C)c1ccc(S(=O)(=O)N2CCCCC[C@@H]2c2cccc(F)c2)cc1. The minimum Gasteiger partial charge on any atom is -0.207 e. The number of hydrogen-bond donors (Lipinski definition) is 0. The lowest BCUT2D eigenvalue weighted by atomic mass is 10.0. The highest BCUT2D eigenvalue weighted by molar-refractivity contribution is 7.89. The molecule has 1 saturated heterocycles. The number of rotatable bonds is 4. The minimum absolute atomic E-state index is 0.310. The van der Waals surface area contributed by atoms with Gasteiger partial charge in [-0.1, -0.05) is 51.0 Å². The van der Waals surface area contributed by atoms with Gasteiger partial charge in [0.25, 0.3) is 0 Å². The van der Waals surface area contributed by atoms with Crippen molar-refractivity contribution in [3.8, 4) is 0 Å². The van der Waals surface area contributed by atoms with Gasteiger partial charge < -0.3 is 0 Å². The Hall–Kier alpha value is -1.72. The molecular formula is C21H26FNO2S. The fourth-order valence-electron chi connectivity index (χ4n) is 3.58. The van der Waals surface area contributed by atoms with Crippen molar-refractivity contribution in [1.29, 1.82) is 0 Å². The van der Waals surface area contributed by atoms with E-state index in [1.54, 1.807) is 22.5 Å². The molecule has 0 amide bonds. The van der Waals surface area contributed by atoms with Crippen LogP contribution in [-0.2, 0) is 10.0 Å². The first kappa shape index (κ1) is 19.1. The maximum atomic E-state index is 13.7. The topological polar surface area (TPSA) is 37.4 Å². The van der Waals surface area contributed by atoms with Crippen molar-refractivity contribution in [2.24, 2.45) is 0 Å². The van der Waals surface area contributed by atoms with Crippen molar-refractivity contribution in [2.75, 3.05) is 6.54 Å². The average molecular weight is 376 g/mol. The summed E-state index contributed by atoms with van der Waals surface area (Å²) < 4.78 is 41.9. The summed E-state index contributed by atoms with van der Waals surface area (Å²) in [5.41, 5.74) is 1.84. The fraction of sp³-hybridized carbons (Fsp3) is 0.429. The fourth-order valence-corrected chi connectivity index (χ4v) is 5.26. The molecule has 1 fully saturated rings. The third-order valence-electron chi connectivity index (χ3n) is 5.09. The summed E-state index contributed by atoms with van der Waals surface area (Å²) >= 11 is 0. The summed E-state index contributed by atoms with van der Waals surface area (Å²) in [6, 6.07) is 13.2. The second kappa shape index (κ2) is 7.89. The second-order valence-electron chi connectivity index (χ2n) is 7.26. The zero-order valence-corrected chi connectivity index (χ0v) is 16.2. The molecule has 1 heterocycles. The lowest BCUT2D eigenvalue weighted by Gasteiger charge is -2.29. The molecule has 1 atom stereocenters. The summed E-state index contributed by atoms with van der Waals surface area (Å²) in [4.78, 5) is 0.310. The molecule has 0 aliphatic carbocycles. The van der Waals surface area contributed by atoms with Crippen LogP contribution in [0.3, 0.4) is 0 Å². The van der Waals surface area contributed by atoms with Gasteiger partial charge in [0.05, 0.1) is 10.9 Å². The van der Waals surface area contributed by atoms with E-state index in [1.165, 1.54) is 12.1 Å². The maximum absolute atomic E-state index is 13.7. The van der Waals surface area contributed by atoms with Gasteiger partial charge in [0, 0.05) is 6.54 Å². The Morgan fingerprint density at radius 3 is 2.42 bits per heavy atom. The quantitative estimate of drug-likeness (QED) is 0.731. The molecule has 0 spiro atoms. The van der Waals surface area contributed by atoms with E-state index in [2.05, 4.69) is 13.8 Å². The highest BCUT2D eigenvalue weighted by Gasteiger charge is 2.33. The standard InChI is InChI=1S/C21H26FNO2S/c1-16(2)17-10-12-20(13-11-17)26(24,25)23-14-5-3-4-9-21(23)18-7-6-8-19(22)15-18/h6-8,10-13,15-16,21H,3-5,9,14H2,1-2H3/t21-/m1/s1. The molecule has 2 aromatic rings. The van der Waals surface area contributed by atoms with Crippen LogP contribution in [0.4, 0.5) is 4.39 Å². The van der Waals surface area contributed by atoms with Gasteiger partial charge in [-0.15, -0.1) is 0 Å². The van der Waals surface area contributed by atoms with E-state index < -0.39 is 10.0 Å². The molecule has 5 heteroatoms.